The van der Waals surface area contributed by atoms with Crippen molar-refractivity contribution < 1.29 is 14.3 Å². The van der Waals surface area contributed by atoms with Gasteiger partial charge >= 0.3 is 0 Å². The molecule has 1 N–H and O–H groups in total. The summed E-state index contributed by atoms with van der Waals surface area (Å²) in [5.41, 5.74) is 4.06. The number of rotatable bonds is 6. The zero-order chi connectivity index (χ0) is 20.1. The van der Waals surface area contributed by atoms with Gasteiger partial charge in [0, 0.05) is 38.2 Å². The number of hydrogen-bond acceptors (Lipinski definition) is 3. The van der Waals surface area contributed by atoms with Crippen LogP contribution in [0.15, 0.2) is 48.5 Å². The van der Waals surface area contributed by atoms with Gasteiger partial charge in [0.1, 0.15) is 0 Å². The van der Waals surface area contributed by atoms with Crippen molar-refractivity contribution >= 4 is 11.8 Å². The first-order valence-corrected chi connectivity index (χ1v) is 9.69. The van der Waals surface area contributed by atoms with Crippen molar-refractivity contribution in [2.24, 2.45) is 5.92 Å². The fraction of sp³-hybridized carbons (Fsp3) is 0.391. The lowest BCUT2D eigenvalue weighted by molar-refractivity contribution is -0.125. The molecule has 0 unspecified atom stereocenters. The van der Waals surface area contributed by atoms with Gasteiger partial charge in [-0.1, -0.05) is 42.0 Å². The molecule has 0 bridgehead atoms. The Bertz CT molecular complexity index is 832. The van der Waals surface area contributed by atoms with Gasteiger partial charge in [0.25, 0.3) is 5.91 Å². The third kappa shape index (κ3) is 4.42. The fourth-order valence-electron chi connectivity index (χ4n) is 3.84. The van der Waals surface area contributed by atoms with Crippen LogP contribution in [0.2, 0.25) is 0 Å². The maximum Gasteiger partial charge on any atom is 0.253 e. The Kier molecular flexibility index (Phi) is 6.47. The molecule has 2 amide bonds. The topological polar surface area (TPSA) is 58.6 Å². The Morgan fingerprint density at radius 2 is 1.79 bits per heavy atom. The summed E-state index contributed by atoms with van der Waals surface area (Å²) in [6.45, 7) is 5.96. The van der Waals surface area contributed by atoms with E-state index in [0.29, 0.717) is 31.8 Å². The largest absolute Gasteiger partial charge is 0.383 e. The number of carbonyl (C=O) groups is 2. The van der Waals surface area contributed by atoms with Gasteiger partial charge in [0.2, 0.25) is 5.91 Å². The number of aryl methyl sites for hydroxylation is 2. The third-order valence-corrected chi connectivity index (χ3v) is 5.44. The highest BCUT2D eigenvalue weighted by Gasteiger charge is 2.40. The number of likely N-dealkylation sites (tertiary alicyclic amines) is 1. The van der Waals surface area contributed by atoms with Crippen molar-refractivity contribution in [2.75, 3.05) is 33.4 Å². The molecule has 5 nitrogen and oxygen atoms in total. The van der Waals surface area contributed by atoms with Crippen molar-refractivity contribution in [3.05, 3.63) is 70.8 Å². The average Bonchev–Trinajstić information content (AvgIpc) is 3.14. The number of hydrogen-bond donors (Lipinski definition) is 1. The molecule has 2 aromatic carbocycles. The summed E-state index contributed by atoms with van der Waals surface area (Å²) < 4.78 is 5.03. The summed E-state index contributed by atoms with van der Waals surface area (Å²) in [6.07, 6.45) is 0. The maximum absolute atomic E-state index is 13.0. The van der Waals surface area contributed by atoms with Gasteiger partial charge in [0.15, 0.2) is 0 Å². The number of methoxy groups -OCH3 is 1. The van der Waals surface area contributed by atoms with Crippen LogP contribution in [0.1, 0.15) is 33.0 Å². The van der Waals surface area contributed by atoms with E-state index in [2.05, 4.69) is 24.4 Å². The molecule has 2 aromatic rings. The Hall–Kier alpha value is -2.66. The van der Waals surface area contributed by atoms with E-state index < -0.39 is 0 Å². The molecule has 1 heterocycles. The first kappa shape index (κ1) is 20.1. The lowest BCUT2D eigenvalue weighted by atomic mass is 9.86. The standard InChI is InChI=1S/C23H28N2O3/c1-16-8-10-18(11-9-16)23(27)25-14-20(19-7-5-4-6-17(19)2)21(15-25)22(26)24-12-13-28-3/h4-11,20-21H,12-15H2,1-3H3,(H,24,26)/t20-,21+/m1/s1. The summed E-state index contributed by atoms with van der Waals surface area (Å²) in [7, 11) is 1.61. The van der Waals surface area contributed by atoms with Crippen LogP contribution in [0.25, 0.3) is 0 Å². The molecule has 1 aliphatic heterocycles. The van der Waals surface area contributed by atoms with Crippen LogP contribution in [0, 0.1) is 19.8 Å². The molecule has 0 spiro atoms. The summed E-state index contributed by atoms with van der Waals surface area (Å²) in [4.78, 5) is 27.7. The summed E-state index contributed by atoms with van der Waals surface area (Å²) in [6, 6.07) is 15.7. The van der Waals surface area contributed by atoms with Crippen molar-refractivity contribution in [3.63, 3.8) is 0 Å². The van der Waals surface area contributed by atoms with Crippen LogP contribution in [0.3, 0.4) is 0 Å². The summed E-state index contributed by atoms with van der Waals surface area (Å²) in [5, 5.41) is 2.95. The molecule has 28 heavy (non-hydrogen) atoms. The lowest BCUT2D eigenvalue weighted by Crippen LogP contribution is -2.37. The van der Waals surface area contributed by atoms with Gasteiger partial charge in [-0.2, -0.15) is 0 Å². The number of benzene rings is 2. The zero-order valence-corrected chi connectivity index (χ0v) is 16.8. The Labute approximate surface area is 166 Å². The van der Waals surface area contributed by atoms with Gasteiger partial charge < -0.3 is 15.0 Å². The Morgan fingerprint density at radius 3 is 2.46 bits per heavy atom. The molecular formula is C23H28N2O3. The molecule has 0 aliphatic carbocycles. The third-order valence-electron chi connectivity index (χ3n) is 5.44. The van der Waals surface area contributed by atoms with Crippen molar-refractivity contribution in [1.29, 1.82) is 0 Å². The molecule has 1 fully saturated rings. The predicted octanol–water partition coefficient (Wildman–Crippen LogP) is 2.92. The van der Waals surface area contributed by atoms with Gasteiger partial charge in [-0.05, 0) is 37.1 Å². The highest BCUT2D eigenvalue weighted by Crippen LogP contribution is 2.35. The zero-order valence-electron chi connectivity index (χ0n) is 16.8. The number of carbonyl (C=O) groups excluding carboxylic acids is 2. The predicted molar refractivity (Wildman–Crippen MR) is 109 cm³/mol. The van der Waals surface area contributed by atoms with E-state index in [1.165, 1.54) is 0 Å². The van der Waals surface area contributed by atoms with Crippen LogP contribution in [0.4, 0.5) is 0 Å². The normalized spacial score (nSPS) is 18.9. The molecule has 3 rings (SSSR count). The van der Waals surface area contributed by atoms with Crippen LogP contribution in [0.5, 0.6) is 0 Å². The minimum absolute atomic E-state index is 0.0156. The van der Waals surface area contributed by atoms with Crippen LogP contribution in [-0.4, -0.2) is 50.1 Å². The van der Waals surface area contributed by atoms with Crippen molar-refractivity contribution in [1.82, 2.24) is 10.2 Å². The first-order valence-electron chi connectivity index (χ1n) is 9.69. The SMILES string of the molecule is COCCNC(=O)[C@H]1CN(C(=O)c2ccc(C)cc2)C[C@@H]1c1ccccc1C. The minimum atomic E-state index is -0.271. The minimum Gasteiger partial charge on any atom is -0.383 e. The number of amides is 2. The quantitative estimate of drug-likeness (QED) is 0.784. The molecule has 1 saturated heterocycles. The smallest absolute Gasteiger partial charge is 0.253 e. The van der Waals surface area contributed by atoms with Crippen LogP contribution >= 0.6 is 0 Å². The summed E-state index contributed by atoms with van der Waals surface area (Å²) in [5.74, 6) is -0.333. The van der Waals surface area contributed by atoms with Crippen LogP contribution in [-0.2, 0) is 9.53 Å². The Morgan fingerprint density at radius 1 is 1.07 bits per heavy atom. The highest BCUT2D eigenvalue weighted by molar-refractivity contribution is 5.95. The maximum atomic E-state index is 13.0. The number of ether oxygens (including phenoxy) is 1. The molecule has 1 aliphatic rings. The average molecular weight is 380 g/mol. The first-order chi connectivity index (χ1) is 13.5. The van der Waals surface area contributed by atoms with Gasteiger partial charge in [-0.15, -0.1) is 0 Å². The van der Waals surface area contributed by atoms with E-state index in [-0.39, 0.29) is 23.7 Å². The van der Waals surface area contributed by atoms with E-state index in [9.17, 15) is 9.59 Å². The second-order valence-corrected chi connectivity index (χ2v) is 7.43. The molecule has 0 radical (unpaired) electrons. The Balaban J connectivity index is 1.83. The lowest BCUT2D eigenvalue weighted by Gasteiger charge is -2.19. The fourth-order valence-corrected chi connectivity index (χ4v) is 3.84. The highest BCUT2D eigenvalue weighted by atomic mass is 16.5. The van der Waals surface area contributed by atoms with E-state index in [4.69, 9.17) is 4.74 Å². The van der Waals surface area contributed by atoms with Gasteiger partial charge in [-0.3, -0.25) is 9.59 Å². The van der Waals surface area contributed by atoms with E-state index in [1.54, 1.807) is 7.11 Å². The van der Waals surface area contributed by atoms with Crippen LogP contribution < -0.4 is 5.32 Å². The van der Waals surface area contributed by atoms with E-state index in [1.807, 2.05) is 48.2 Å². The van der Waals surface area contributed by atoms with Crippen molar-refractivity contribution in [3.8, 4) is 0 Å². The number of nitrogens with zero attached hydrogens (tertiary/aromatic N) is 1. The molecular weight excluding hydrogens is 352 g/mol. The van der Waals surface area contributed by atoms with Crippen molar-refractivity contribution in [2.45, 2.75) is 19.8 Å². The second kappa shape index (κ2) is 9.02. The number of nitrogens with one attached hydrogen (secondary N) is 1. The molecule has 5 heteroatoms. The summed E-state index contributed by atoms with van der Waals surface area (Å²) >= 11 is 0. The van der Waals surface area contributed by atoms with E-state index >= 15 is 0 Å². The molecule has 2 atom stereocenters. The molecule has 148 valence electrons. The van der Waals surface area contributed by atoms with Gasteiger partial charge in [0.05, 0.1) is 12.5 Å². The molecule has 0 aromatic heterocycles. The van der Waals surface area contributed by atoms with E-state index in [0.717, 1.165) is 16.7 Å². The molecule has 0 saturated carbocycles. The monoisotopic (exact) mass is 380 g/mol. The van der Waals surface area contributed by atoms with Gasteiger partial charge in [-0.25, -0.2) is 0 Å². The second-order valence-electron chi connectivity index (χ2n) is 7.43.